The molecule has 0 aromatic heterocycles. The van der Waals surface area contributed by atoms with Crippen molar-refractivity contribution in [3.63, 3.8) is 0 Å². The van der Waals surface area contributed by atoms with Crippen molar-refractivity contribution in [2.45, 2.75) is 24.3 Å². The minimum absolute atomic E-state index is 0.0490. The first-order valence-corrected chi connectivity index (χ1v) is 7.22. The predicted molar refractivity (Wildman–Crippen MR) is 70.9 cm³/mol. The summed E-state index contributed by atoms with van der Waals surface area (Å²) in [4.78, 5) is -0.125. The summed E-state index contributed by atoms with van der Waals surface area (Å²) in [7, 11) is -3.84. The monoisotopic (exact) mass is 307 g/mol. The number of nitrogen functional groups attached to an aromatic ring is 1. The van der Waals surface area contributed by atoms with Crippen LogP contribution in [0.15, 0.2) is 17.0 Å². The zero-order valence-electron chi connectivity index (χ0n) is 9.44. The Balaban J connectivity index is 3.18. The lowest BCUT2D eigenvalue weighted by Gasteiger charge is -2.11. The van der Waals surface area contributed by atoms with Crippen molar-refractivity contribution in [2.24, 2.45) is 0 Å². The maximum atomic E-state index is 12.0. The first-order valence-electron chi connectivity index (χ1n) is 4.98. The number of anilines is 1. The van der Waals surface area contributed by atoms with Crippen molar-refractivity contribution < 1.29 is 8.42 Å². The molecule has 0 aliphatic carbocycles. The zero-order valence-corrected chi connectivity index (χ0v) is 11.8. The van der Waals surface area contributed by atoms with Crippen LogP contribution in [0.4, 0.5) is 5.69 Å². The van der Waals surface area contributed by atoms with Gasteiger partial charge >= 0.3 is 0 Å². The normalized spacial score (nSPS) is 13.0. The van der Waals surface area contributed by atoms with E-state index in [2.05, 4.69) is 4.72 Å². The molecule has 0 amide bonds. The number of rotatable bonds is 4. The van der Waals surface area contributed by atoms with E-state index in [9.17, 15) is 8.42 Å². The molecular formula is C10H11Cl2N3O2S. The van der Waals surface area contributed by atoms with Crippen molar-refractivity contribution in [1.82, 2.24) is 4.72 Å². The Morgan fingerprint density at radius 2 is 1.94 bits per heavy atom. The van der Waals surface area contributed by atoms with Crippen LogP contribution in [0.1, 0.15) is 13.3 Å². The van der Waals surface area contributed by atoms with E-state index in [0.717, 1.165) is 0 Å². The molecule has 0 heterocycles. The SMILES string of the molecule is CC[C@@H](C#N)NS(=O)(=O)c1cc(Cl)c(N)c(Cl)c1. The molecule has 3 N–H and O–H groups in total. The second-order valence-corrected chi connectivity index (χ2v) is 6.04. The average molecular weight is 308 g/mol. The molecule has 0 radical (unpaired) electrons. The second-order valence-electron chi connectivity index (χ2n) is 3.51. The van der Waals surface area contributed by atoms with Gasteiger partial charge in [0.05, 0.1) is 26.7 Å². The Morgan fingerprint density at radius 1 is 1.44 bits per heavy atom. The molecular weight excluding hydrogens is 297 g/mol. The van der Waals surface area contributed by atoms with Crippen LogP contribution in [0.2, 0.25) is 10.0 Å². The summed E-state index contributed by atoms with van der Waals surface area (Å²) in [6.45, 7) is 1.69. The highest BCUT2D eigenvalue weighted by Crippen LogP contribution is 2.30. The highest BCUT2D eigenvalue weighted by atomic mass is 35.5. The minimum atomic E-state index is -3.84. The van der Waals surface area contributed by atoms with Gasteiger partial charge in [-0.25, -0.2) is 8.42 Å². The molecule has 1 atom stereocenters. The van der Waals surface area contributed by atoms with Gasteiger partial charge in [-0.15, -0.1) is 0 Å². The van der Waals surface area contributed by atoms with Crippen molar-refractivity contribution >= 4 is 38.9 Å². The third-order valence-corrected chi connectivity index (χ3v) is 4.30. The Bertz CT molecular complexity index is 573. The fourth-order valence-electron chi connectivity index (χ4n) is 1.17. The van der Waals surface area contributed by atoms with Crippen molar-refractivity contribution in [1.29, 1.82) is 5.26 Å². The molecule has 5 nitrogen and oxygen atoms in total. The molecule has 0 unspecified atom stereocenters. The molecule has 0 fully saturated rings. The van der Waals surface area contributed by atoms with Gasteiger partial charge in [-0.1, -0.05) is 30.1 Å². The molecule has 0 spiro atoms. The summed E-state index contributed by atoms with van der Waals surface area (Å²) >= 11 is 11.5. The molecule has 18 heavy (non-hydrogen) atoms. The highest BCUT2D eigenvalue weighted by Gasteiger charge is 2.20. The standard InChI is InChI=1S/C10H11Cl2N3O2S/c1-2-6(5-13)15-18(16,17)7-3-8(11)10(14)9(12)4-7/h3-4,6,15H,2,14H2,1H3/t6-/m0/s1. The predicted octanol–water partition coefficient (Wildman–Crippen LogP) is 2.16. The summed E-state index contributed by atoms with van der Waals surface area (Å²) < 4.78 is 26.1. The molecule has 0 aliphatic heterocycles. The summed E-state index contributed by atoms with van der Waals surface area (Å²) in [5.41, 5.74) is 5.63. The van der Waals surface area contributed by atoms with Gasteiger partial charge in [0, 0.05) is 0 Å². The molecule has 0 aliphatic rings. The Morgan fingerprint density at radius 3 is 2.33 bits per heavy atom. The summed E-state index contributed by atoms with van der Waals surface area (Å²) in [5, 5.41) is 8.84. The smallest absolute Gasteiger partial charge is 0.241 e. The van der Waals surface area contributed by atoms with Gasteiger partial charge in [0.2, 0.25) is 10.0 Å². The van der Waals surface area contributed by atoms with Gasteiger partial charge in [0.15, 0.2) is 0 Å². The third kappa shape index (κ3) is 3.27. The zero-order chi connectivity index (χ0) is 13.9. The summed E-state index contributed by atoms with van der Waals surface area (Å²) in [6, 6.07) is 3.42. The lowest BCUT2D eigenvalue weighted by atomic mass is 10.3. The summed E-state index contributed by atoms with van der Waals surface area (Å²) in [6.07, 6.45) is 0.353. The largest absolute Gasteiger partial charge is 0.396 e. The fourth-order valence-corrected chi connectivity index (χ4v) is 3.06. The lowest BCUT2D eigenvalue weighted by Crippen LogP contribution is -2.33. The van der Waals surface area contributed by atoms with E-state index < -0.39 is 16.1 Å². The van der Waals surface area contributed by atoms with Crippen LogP contribution in [-0.2, 0) is 10.0 Å². The number of nitrogens with one attached hydrogen (secondary N) is 1. The molecule has 0 bridgehead atoms. The van der Waals surface area contributed by atoms with E-state index in [1.807, 2.05) is 6.07 Å². The van der Waals surface area contributed by atoms with Gasteiger partial charge in [0.1, 0.15) is 6.04 Å². The average Bonchev–Trinajstić information content (AvgIpc) is 2.32. The first kappa shape index (κ1) is 15.1. The van der Waals surface area contributed by atoms with E-state index >= 15 is 0 Å². The Labute approximate surface area is 116 Å². The number of benzene rings is 1. The van der Waals surface area contributed by atoms with Crippen LogP contribution in [0.3, 0.4) is 0 Å². The molecule has 98 valence electrons. The van der Waals surface area contributed by atoms with Crippen LogP contribution in [0.5, 0.6) is 0 Å². The molecule has 1 aromatic carbocycles. The van der Waals surface area contributed by atoms with Crippen LogP contribution in [-0.4, -0.2) is 14.5 Å². The third-order valence-electron chi connectivity index (χ3n) is 2.22. The van der Waals surface area contributed by atoms with Crippen molar-refractivity contribution in [3.05, 3.63) is 22.2 Å². The molecule has 0 saturated heterocycles. The van der Waals surface area contributed by atoms with E-state index in [0.29, 0.717) is 6.42 Å². The Hall–Kier alpha value is -1.00. The highest BCUT2D eigenvalue weighted by molar-refractivity contribution is 7.89. The van der Waals surface area contributed by atoms with Gasteiger partial charge < -0.3 is 5.73 Å². The number of hydrogen-bond acceptors (Lipinski definition) is 4. The molecule has 8 heteroatoms. The topological polar surface area (TPSA) is 96.0 Å². The van der Waals surface area contributed by atoms with Crippen LogP contribution in [0, 0.1) is 11.3 Å². The van der Waals surface area contributed by atoms with E-state index in [4.69, 9.17) is 34.2 Å². The molecule has 0 saturated carbocycles. The van der Waals surface area contributed by atoms with Crippen molar-refractivity contribution in [3.8, 4) is 6.07 Å². The van der Waals surface area contributed by atoms with Gasteiger partial charge in [-0.3, -0.25) is 0 Å². The molecule has 1 rings (SSSR count). The summed E-state index contributed by atoms with van der Waals surface area (Å²) in [5.74, 6) is 0. The molecule has 1 aromatic rings. The second kappa shape index (κ2) is 5.76. The number of nitriles is 1. The lowest BCUT2D eigenvalue weighted by molar-refractivity contribution is 0.569. The van der Waals surface area contributed by atoms with Gasteiger partial charge in [-0.2, -0.15) is 9.98 Å². The quantitative estimate of drug-likeness (QED) is 0.833. The van der Waals surface area contributed by atoms with Crippen molar-refractivity contribution in [2.75, 3.05) is 5.73 Å². The van der Waals surface area contributed by atoms with E-state index in [1.54, 1.807) is 6.92 Å². The fraction of sp³-hybridized carbons (Fsp3) is 0.300. The van der Waals surface area contributed by atoms with Crippen LogP contribution in [0.25, 0.3) is 0 Å². The van der Waals surface area contributed by atoms with Crippen LogP contribution < -0.4 is 10.5 Å². The van der Waals surface area contributed by atoms with Crippen LogP contribution >= 0.6 is 23.2 Å². The van der Waals surface area contributed by atoms with Gasteiger partial charge in [-0.05, 0) is 18.6 Å². The van der Waals surface area contributed by atoms with E-state index in [-0.39, 0.29) is 20.6 Å². The minimum Gasteiger partial charge on any atom is -0.396 e. The number of hydrogen-bond donors (Lipinski definition) is 2. The number of nitrogens with two attached hydrogens (primary N) is 1. The van der Waals surface area contributed by atoms with Gasteiger partial charge in [0.25, 0.3) is 0 Å². The number of halogens is 2. The first-order chi connectivity index (χ1) is 8.31. The maximum absolute atomic E-state index is 12.0. The van der Waals surface area contributed by atoms with E-state index in [1.165, 1.54) is 12.1 Å². The Kier molecular flexibility index (Phi) is 4.82. The maximum Gasteiger partial charge on any atom is 0.241 e. The number of sulfonamides is 1. The number of nitrogens with zero attached hydrogens (tertiary/aromatic N) is 1.